The molecular weight excluding hydrogens is 276 g/mol. The number of phenolic OH excluding ortho intramolecular Hbond substituents is 1. The van der Waals surface area contributed by atoms with Crippen LogP contribution in [0.25, 0.3) is 0 Å². The number of aryl methyl sites for hydroxylation is 1. The van der Waals surface area contributed by atoms with Crippen LogP contribution in [0.4, 0.5) is 0 Å². The van der Waals surface area contributed by atoms with E-state index in [1.807, 2.05) is 6.07 Å². The summed E-state index contributed by atoms with van der Waals surface area (Å²) in [4.78, 5) is 11.2. The maximum absolute atomic E-state index is 11.2. The number of carbonyl (C=O) groups is 1. The van der Waals surface area contributed by atoms with E-state index in [4.69, 9.17) is 0 Å². The molecule has 0 heterocycles. The van der Waals surface area contributed by atoms with Crippen LogP contribution in [-0.4, -0.2) is 22.6 Å². The average Bonchev–Trinajstić information content (AvgIpc) is 2.82. The standard InChI is InChI=1S/C19H24O3/c1-19-7-6-13-14(16(19)4-5-18(19)22)3-2-11-9-17(21)12(10-20)8-15(11)13/h8-10,13-14,16,18,21-22H,2-7H2,1H3. The van der Waals surface area contributed by atoms with Crippen LogP contribution in [-0.2, 0) is 6.42 Å². The van der Waals surface area contributed by atoms with E-state index < -0.39 is 0 Å². The van der Waals surface area contributed by atoms with Crippen molar-refractivity contribution in [3.05, 3.63) is 28.8 Å². The molecule has 3 aliphatic carbocycles. The monoisotopic (exact) mass is 300 g/mol. The van der Waals surface area contributed by atoms with Gasteiger partial charge in [0.2, 0.25) is 0 Å². The van der Waals surface area contributed by atoms with Gasteiger partial charge < -0.3 is 10.2 Å². The predicted octanol–water partition coefficient (Wildman–Crippen LogP) is 3.42. The lowest BCUT2D eigenvalue weighted by molar-refractivity contribution is -0.0226. The minimum absolute atomic E-state index is 0.0864. The number of rotatable bonds is 1. The van der Waals surface area contributed by atoms with Crippen molar-refractivity contribution in [1.82, 2.24) is 0 Å². The Labute approximate surface area is 131 Å². The van der Waals surface area contributed by atoms with Crippen molar-refractivity contribution in [3.63, 3.8) is 0 Å². The number of aromatic hydroxyl groups is 1. The zero-order chi connectivity index (χ0) is 15.5. The van der Waals surface area contributed by atoms with Gasteiger partial charge in [-0.15, -0.1) is 0 Å². The van der Waals surface area contributed by atoms with E-state index >= 15 is 0 Å². The second-order valence-corrected chi connectivity index (χ2v) is 7.78. The molecule has 1 aromatic carbocycles. The highest BCUT2D eigenvalue weighted by molar-refractivity contribution is 5.80. The van der Waals surface area contributed by atoms with Gasteiger partial charge in [-0.1, -0.05) is 6.92 Å². The maximum Gasteiger partial charge on any atom is 0.153 e. The molecule has 0 aromatic heterocycles. The quantitative estimate of drug-likeness (QED) is 0.781. The molecule has 3 heteroatoms. The number of hydrogen-bond donors (Lipinski definition) is 2. The van der Waals surface area contributed by atoms with E-state index in [2.05, 4.69) is 6.92 Å². The summed E-state index contributed by atoms with van der Waals surface area (Å²) in [5, 5.41) is 20.3. The van der Waals surface area contributed by atoms with E-state index in [1.54, 1.807) is 6.07 Å². The van der Waals surface area contributed by atoms with Crippen molar-refractivity contribution in [2.75, 3.05) is 0 Å². The van der Waals surface area contributed by atoms with Gasteiger partial charge >= 0.3 is 0 Å². The van der Waals surface area contributed by atoms with Crippen molar-refractivity contribution in [3.8, 4) is 5.75 Å². The number of phenols is 1. The van der Waals surface area contributed by atoms with Crippen LogP contribution in [0.5, 0.6) is 5.75 Å². The fourth-order valence-electron chi connectivity index (χ4n) is 5.69. The van der Waals surface area contributed by atoms with E-state index in [9.17, 15) is 15.0 Å². The zero-order valence-electron chi connectivity index (χ0n) is 13.1. The molecule has 0 saturated heterocycles. The first-order chi connectivity index (χ1) is 10.5. The molecule has 0 spiro atoms. The second kappa shape index (κ2) is 4.82. The molecule has 4 rings (SSSR count). The summed E-state index contributed by atoms with van der Waals surface area (Å²) in [5.74, 6) is 1.82. The van der Waals surface area contributed by atoms with Gasteiger partial charge in [-0.25, -0.2) is 0 Å². The Kier molecular flexibility index (Phi) is 3.12. The normalized spacial score (nSPS) is 39.7. The number of carbonyl (C=O) groups excluding carboxylic acids is 1. The molecule has 1 aromatic rings. The summed E-state index contributed by atoms with van der Waals surface area (Å²) in [5.41, 5.74) is 2.99. The fourth-order valence-corrected chi connectivity index (χ4v) is 5.69. The summed E-state index contributed by atoms with van der Waals surface area (Å²) >= 11 is 0. The Hall–Kier alpha value is -1.35. The molecule has 0 amide bonds. The topological polar surface area (TPSA) is 57.5 Å². The molecule has 5 unspecified atom stereocenters. The van der Waals surface area contributed by atoms with Crippen LogP contribution in [0.2, 0.25) is 0 Å². The van der Waals surface area contributed by atoms with E-state index in [1.165, 1.54) is 11.1 Å². The molecule has 2 N–H and O–H groups in total. The summed E-state index contributed by atoms with van der Waals surface area (Å²) in [6.07, 6.45) is 6.95. The Morgan fingerprint density at radius 2 is 2.05 bits per heavy atom. The van der Waals surface area contributed by atoms with Gasteiger partial charge in [0.15, 0.2) is 6.29 Å². The molecule has 0 bridgehead atoms. The number of aliphatic hydroxyl groups is 1. The Morgan fingerprint density at radius 3 is 2.82 bits per heavy atom. The van der Waals surface area contributed by atoms with Crippen LogP contribution < -0.4 is 0 Å². The largest absolute Gasteiger partial charge is 0.507 e. The second-order valence-electron chi connectivity index (χ2n) is 7.78. The fraction of sp³-hybridized carbons (Fsp3) is 0.632. The summed E-state index contributed by atoms with van der Waals surface area (Å²) in [6, 6.07) is 3.72. The van der Waals surface area contributed by atoms with Gasteiger partial charge in [0, 0.05) is 0 Å². The molecular formula is C19H24O3. The Balaban J connectivity index is 1.74. The third-order valence-corrected chi connectivity index (χ3v) is 6.95. The first-order valence-corrected chi connectivity index (χ1v) is 8.53. The van der Waals surface area contributed by atoms with Gasteiger partial charge in [-0.2, -0.15) is 0 Å². The van der Waals surface area contributed by atoms with Crippen molar-refractivity contribution >= 4 is 6.29 Å². The average molecular weight is 300 g/mol. The first-order valence-electron chi connectivity index (χ1n) is 8.53. The molecule has 5 atom stereocenters. The number of aliphatic hydroxyl groups excluding tert-OH is 1. The lowest BCUT2D eigenvalue weighted by Gasteiger charge is -2.50. The molecule has 3 aliphatic rings. The first kappa shape index (κ1) is 14.3. The van der Waals surface area contributed by atoms with Gasteiger partial charge in [0.05, 0.1) is 11.7 Å². The maximum atomic E-state index is 11.2. The molecule has 2 fully saturated rings. The van der Waals surface area contributed by atoms with Crippen molar-refractivity contribution in [1.29, 1.82) is 0 Å². The lowest BCUT2D eigenvalue weighted by Crippen LogP contribution is -2.43. The predicted molar refractivity (Wildman–Crippen MR) is 84.1 cm³/mol. The number of benzene rings is 1. The molecule has 0 radical (unpaired) electrons. The smallest absolute Gasteiger partial charge is 0.153 e. The van der Waals surface area contributed by atoms with Crippen LogP contribution in [0, 0.1) is 17.3 Å². The van der Waals surface area contributed by atoms with Crippen LogP contribution in [0.3, 0.4) is 0 Å². The van der Waals surface area contributed by atoms with E-state index in [-0.39, 0.29) is 17.3 Å². The van der Waals surface area contributed by atoms with Crippen molar-refractivity contribution < 1.29 is 15.0 Å². The molecule has 3 nitrogen and oxygen atoms in total. The van der Waals surface area contributed by atoms with E-state index in [0.29, 0.717) is 23.3 Å². The number of hydrogen-bond acceptors (Lipinski definition) is 3. The molecule has 118 valence electrons. The summed E-state index contributed by atoms with van der Waals surface area (Å²) < 4.78 is 0. The highest BCUT2D eigenvalue weighted by Crippen LogP contribution is 2.61. The third kappa shape index (κ3) is 1.81. The minimum atomic E-state index is -0.148. The van der Waals surface area contributed by atoms with Gasteiger partial charge in [0.1, 0.15) is 5.75 Å². The summed E-state index contributed by atoms with van der Waals surface area (Å²) in [6.45, 7) is 2.27. The molecule has 0 aliphatic heterocycles. The van der Waals surface area contributed by atoms with Crippen molar-refractivity contribution in [2.24, 2.45) is 17.3 Å². The van der Waals surface area contributed by atoms with Gasteiger partial charge in [-0.3, -0.25) is 4.79 Å². The highest BCUT2D eigenvalue weighted by atomic mass is 16.3. The highest BCUT2D eigenvalue weighted by Gasteiger charge is 2.54. The third-order valence-electron chi connectivity index (χ3n) is 6.95. The number of aldehydes is 1. The zero-order valence-corrected chi connectivity index (χ0v) is 13.1. The van der Waals surface area contributed by atoms with Gasteiger partial charge in [0.25, 0.3) is 0 Å². The van der Waals surface area contributed by atoms with Gasteiger partial charge in [-0.05, 0) is 85.0 Å². The molecule has 22 heavy (non-hydrogen) atoms. The summed E-state index contributed by atoms with van der Waals surface area (Å²) in [7, 11) is 0. The van der Waals surface area contributed by atoms with Crippen LogP contribution in [0.15, 0.2) is 12.1 Å². The Bertz CT molecular complexity index is 623. The Morgan fingerprint density at radius 1 is 1.23 bits per heavy atom. The minimum Gasteiger partial charge on any atom is -0.507 e. The van der Waals surface area contributed by atoms with Crippen molar-refractivity contribution in [2.45, 2.75) is 57.5 Å². The SMILES string of the molecule is CC12CCC3c4cc(C=O)c(O)cc4CCC3C1CCC2O. The molecule has 2 saturated carbocycles. The van der Waals surface area contributed by atoms with Crippen LogP contribution >= 0.6 is 0 Å². The lowest BCUT2D eigenvalue weighted by atomic mass is 9.55. The van der Waals surface area contributed by atoms with E-state index in [0.717, 1.165) is 44.8 Å². The van der Waals surface area contributed by atoms with Crippen LogP contribution in [0.1, 0.15) is 66.4 Å². The number of fused-ring (bicyclic) bond motifs is 5.